The molecule has 4 aromatic rings. The predicted molar refractivity (Wildman–Crippen MR) is 125 cm³/mol. The summed E-state index contributed by atoms with van der Waals surface area (Å²) in [7, 11) is 0. The van der Waals surface area contributed by atoms with E-state index in [-0.39, 0.29) is 24.2 Å². The maximum absolute atomic E-state index is 13.0. The Morgan fingerprint density at radius 3 is 2.58 bits per heavy atom. The first-order valence-corrected chi connectivity index (χ1v) is 11.3. The van der Waals surface area contributed by atoms with Crippen LogP contribution in [0.2, 0.25) is 0 Å². The molecule has 3 aromatic carbocycles. The molecule has 2 heterocycles. The molecule has 1 aliphatic carbocycles. The molecule has 0 unspecified atom stereocenters. The Kier molecular flexibility index (Phi) is 4.37. The van der Waals surface area contributed by atoms with Crippen LogP contribution in [0.3, 0.4) is 0 Å². The van der Waals surface area contributed by atoms with Crippen LogP contribution in [0.1, 0.15) is 45.2 Å². The zero-order valence-corrected chi connectivity index (χ0v) is 18.2. The zero-order valence-electron chi connectivity index (χ0n) is 18.2. The van der Waals surface area contributed by atoms with Crippen molar-refractivity contribution in [3.63, 3.8) is 0 Å². The third-order valence-electron chi connectivity index (χ3n) is 6.77. The Hall–Kier alpha value is -3.93. The van der Waals surface area contributed by atoms with E-state index in [1.807, 2.05) is 36.4 Å². The number of hydrogen-bond acceptors (Lipinski definition) is 4. The Labute approximate surface area is 190 Å². The average Bonchev–Trinajstić information content (AvgIpc) is 3.31. The number of esters is 1. The number of nitrogens with one attached hydrogen (secondary N) is 1. The van der Waals surface area contributed by atoms with Crippen molar-refractivity contribution >= 4 is 39.6 Å². The Bertz CT molecular complexity index is 1510. The van der Waals surface area contributed by atoms with Crippen molar-refractivity contribution in [2.45, 2.75) is 32.7 Å². The minimum Gasteiger partial charge on any atom is -0.466 e. The summed E-state index contributed by atoms with van der Waals surface area (Å²) in [6, 6.07) is 16.1. The third-order valence-corrected chi connectivity index (χ3v) is 6.77. The second-order valence-electron chi connectivity index (χ2n) is 8.49. The summed E-state index contributed by atoms with van der Waals surface area (Å²) in [6.45, 7) is 2.56. The Morgan fingerprint density at radius 1 is 0.970 bits per heavy atom. The number of nitrogens with zero attached hydrogens (tertiary/aromatic N) is 1. The van der Waals surface area contributed by atoms with Gasteiger partial charge < -0.3 is 9.30 Å². The number of aryl methyl sites for hydroxylation is 2. The summed E-state index contributed by atoms with van der Waals surface area (Å²) in [5.41, 5.74) is 7.02. The van der Waals surface area contributed by atoms with Gasteiger partial charge >= 0.3 is 5.97 Å². The lowest BCUT2D eigenvalue weighted by Gasteiger charge is -2.24. The van der Waals surface area contributed by atoms with E-state index in [0.29, 0.717) is 30.7 Å². The maximum Gasteiger partial charge on any atom is 0.307 e. The molecule has 1 aliphatic heterocycles. The van der Waals surface area contributed by atoms with Gasteiger partial charge in [0.15, 0.2) is 0 Å². The van der Waals surface area contributed by atoms with E-state index in [1.165, 1.54) is 5.56 Å². The van der Waals surface area contributed by atoms with E-state index in [2.05, 4.69) is 22.0 Å². The van der Waals surface area contributed by atoms with Gasteiger partial charge in [-0.1, -0.05) is 42.5 Å². The smallest absolute Gasteiger partial charge is 0.307 e. The molecular weight excluding hydrogens is 416 g/mol. The number of benzene rings is 3. The van der Waals surface area contributed by atoms with E-state index in [0.717, 1.165) is 44.9 Å². The number of aromatic nitrogens is 1. The predicted octanol–water partition coefficient (Wildman–Crippen LogP) is 4.40. The molecule has 0 bridgehead atoms. The fourth-order valence-corrected chi connectivity index (χ4v) is 5.52. The van der Waals surface area contributed by atoms with Gasteiger partial charge in [-0.25, -0.2) is 0 Å². The number of carbonyl (C=O) groups excluding carboxylic acids is 3. The van der Waals surface area contributed by atoms with Gasteiger partial charge in [0.2, 0.25) is 0 Å². The fourth-order valence-electron chi connectivity index (χ4n) is 5.52. The summed E-state index contributed by atoms with van der Waals surface area (Å²) < 4.78 is 7.30. The molecule has 2 aliphatic rings. The number of hydrogen-bond donors (Lipinski definition) is 1. The van der Waals surface area contributed by atoms with Gasteiger partial charge in [-0.3, -0.25) is 19.7 Å². The van der Waals surface area contributed by atoms with Crippen molar-refractivity contribution in [3.8, 4) is 11.1 Å². The number of para-hydroxylation sites is 1. The number of amides is 2. The van der Waals surface area contributed by atoms with Crippen molar-refractivity contribution in [1.29, 1.82) is 0 Å². The molecule has 0 atom stereocenters. The second kappa shape index (κ2) is 7.30. The van der Waals surface area contributed by atoms with Crippen molar-refractivity contribution in [1.82, 2.24) is 9.88 Å². The van der Waals surface area contributed by atoms with Crippen LogP contribution in [-0.4, -0.2) is 29.0 Å². The summed E-state index contributed by atoms with van der Waals surface area (Å²) in [4.78, 5) is 38.2. The van der Waals surface area contributed by atoms with Gasteiger partial charge in [-0.15, -0.1) is 0 Å². The number of carbonyl (C=O) groups is 3. The minimum atomic E-state index is -0.352. The second-order valence-corrected chi connectivity index (χ2v) is 8.49. The SMILES string of the molecule is CCOC(=O)CCn1c2ccccc2c2c3c(c4c(c21)-c1ccccc1CC4)C(=O)NC3=O. The molecule has 6 heteroatoms. The molecule has 6 nitrogen and oxygen atoms in total. The first-order chi connectivity index (χ1) is 16.1. The molecular formula is C27H22N2O4. The molecule has 0 radical (unpaired) electrons. The van der Waals surface area contributed by atoms with E-state index in [9.17, 15) is 14.4 Å². The highest BCUT2D eigenvalue weighted by Crippen LogP contribution is 2.47. The van der Waals surface area contributed by atoms with Crippen molar-refractivity contribution in [3.05, 3.63) is 70.8 Å². The highest BCUT2D eigenvalue weighted by molar-refractivity contribution is 6.33. The highest BCUT2D eigenvalue weighted by atomic mass is 16.5. The topological polar surface area (TPSA) is 77.4 Å². The number of ether oxygens (including phenoxy) is 1. The van der Waals surface area contributed by atoms with Crippen LogP contribution in [-0.2, 0) is 28.9 Å². The van der Waals surface area contributed by atoms with Crippen LogP contribution in [0.25, 0.3) is 32.9 Å². The van der Waals surface area contributed by atoms with Gasteiger partial charge in [-0.05, 0) is 42.5 Å². The van der Waals surface area contributed by atoms with Crippen LogP contribution in [0, 0.1) is 0 Å². The Balaban J connectivity index is 1.76. The molecule has 1 aromatic heterocycles. The van der Waals surface area contributed by atoms with Crippen molar-refractivity contribution < 1.29 is 19.1 Å². The lowest BCUT2D eigenvalue weighted by molar-refractivity contribution is -0.143. The standard InChI is InChI=1S/C27H22N2O4/c1-2-33-20(30)13-14-29-19-10-6-5-9-17(19)22-24-23(26(31)28-27(24)32)18-12-11-15-7-3-4-8-16(15)21(18)25(22)29/h3-10H,2,11-14H2,1H3,(H,28,31,32). The van der Waals surface area contributed by atoms with E-state index >= 15 is 0 Å². The van der Waals surface area contributed by atoms with Crippen LogP contribution >= 0.6 is 0 Å². The molecule has 33 heavy (non-hydrogen) atoms. The van der Waals surface area contributed by atoms with Gasteiger partial charge in [0.25, 0.3) is 11.8 Å². The molecule has 6 rings (SSSR count). The molecule has 1 N–H and O–H groups in total. The average molecular weight is 438 g/mol. The summed E-state index contributed by atoms with van der Waals surface area (Å²) in [6.07, 6.45) is 1.72. The monoisotopic (exact) mass is 438 g/mol. The normalized spacial score (nSPS) is 14.2. The van der Waals surface area contributed by atoms with Crippen molar-refractivity contribution in [2.24, 2.45) is 0 Å². The van der Waals surface area contributed by atoms with Gasteiger partial charge in [0.1, 0.15) is 0 Å². The summed E-state index contributed by atoms with van der Waals surface area (Å²) >= 11 is 0. The Morgan fingerprint density at radius 2 is 1.73 bits per heavy atom. The molecule has 0 saturated heterocycles. The molecule has 0 fully saturated rings. The maximum atomic E-state index is 13.0. The quantitative estimate of drug-likeness (QED) is 0.379. The first kappa shape index (κ1) is 19.7. The van der Waals surface area contributed by atoms with E-state index in [4.69, 9.17) is 4.74 Å². The van der Waals surface area contributed by atoms with Crippen LogP contribution < -0.4 is 5.32 Å². The number of imide groups is 1. The van der Waals surface area contributed by atoms with Gasteiger partial charge in [0, 0.05) is 28.4 Å². The van der Waals surface area contributed by atoms with E-state index in [1.54, 1.807) is 6.92 Å². The lowest BCUT2D eigenvalue weighted by atomic mass is 9.80. The molecule has 0 spiro atoms. The fraction of sp³-hybridized carbons (Fsp3) is 0.222. The van der Waals surface area contributed by atoms with Crippen LogP contribution in [0.4, 0.5) is 0 Å². The van der Waals surface area contributed by atoms with E-state index < -0.39 is 0 Å². The van der Waals surface area contributed by atoms with Crippen molar-refractivity contribution in [2.75, 3.05) is 6.61 Å². The highest BCUT2D eigenvalue weighted by Gasteiger charge is 2.38. The summed E-state index contributed by atoms with van der Waals surface area (Å²) in [5, 5.41) is 4.21. The largest absolute Gasteiger partial charge is 0.466 e. The molecule has 2 amide bonds. The minimum absolute atomic E-state index is 0.222. The first-order valence-electron chi connectivity index (χ1n) is 11.3. The lowest BCUT2D eigenvalue weighted by Crippen LogP contribution is -2.20. The molecule has 0 saturated carbocycles. The summed E-state index contributed by atoms with van der Waals surface area (Å²) in [5.74, 6) is -0.933. The zero-order chi connectivity index (χ0) is 22.7. The van der Waals surface area contributed by atoms with Gasteiger partial charge in [0.05, 0.1) is 29.7 Å². The number of fused-ring (bicyclic) bond motifs is 10. The number of rotatable bonds is 4. The third kappa shape index (κ3) is 2.76. The molecule has 164 valence electrons. The van der Waals surface area contributed by atoms with Gasteiger partial charge in [-0.2, -0.15) is 0 Å². The van der Waals surface area contributed by atoms with Crippen LogP contribution in [0.15, 0.2) is 48.5 Å². The van der Waals surface area contributed by atoms with Crippen LogP contribution in [0.5, 0.6) is 0 Å².